The van der Waals surface area contributed by atoms with Gasteiger partial charge in [-0.3, -0.25) is 9.59 Å². The van der Waals surface area contributed by atoms with Crippen LogP contribution in [0.15, 0.2) is 60.7 Å². The number of aromatic amines is 1. The van der Waals surface area contributed by atoms with Gasteiger partial charge in [0.05, 0.1) is 21.1 Å². The summed E-state index contributed by atoms with van der Waals surface area (Å²) in [4.78, 5) is 33.3. The Kier molecular flexibility index (Phi) is 5.94. The maximum absolute atomic E-state index is 12.7. The maximum Gasteiger partial charge on any atom is 0.255 e. The van der Waals surface area contributed by atoms with Gasteiger partial charge in [-0.25, -0.2) is 4.98 Å². The quantitative estimate of drug-likeness (QED) is 0.274. The van der Waals surface area contributed by atoms with Crippen molar-refractivity contribution in [1.29, 1.82) is 0 Å². The van der Waals surface area contributed by atoms with Gasteiger partial charge in [-0.1, -0.05) is 41.8 Å². The van der Waals surface area contributed by atoms with Crippen LogP contribution in [0.25, 0.3) is 22.4 Å². The smallest absolute Gasteiger partial charge is 0.255 e. The molecular weight excluding hydrogens is 495 g/mol. The molecule has 6 rings (SSSR count). The van der Waals surface area contributed by atoms with E-state index in [0.717, 1.165) is 28.9 Å². The molecule has 8 heteroatoms. The Morgan fingerprint density at radius 3 is 2.39 bits per heavy atom. The number of imidazole rings is 1. The molecule has 0 spiro atoms. The Morgan fingerprint density at radius 2 is 1.67 bits per heavy atom. The average Bonchev–Trinajstić information content (AvgIpc) is 3.61. The first-order chi connectivity index (χ1) is 17.4. The number of halogens is 2. The lowest BCUT2D eigenvalue weighted by Gasteiger charge is -2.22. The Bertz CT molecular complexity index is 1480. The van der Waals surface area contributed by atoms with Crippen molar-refractivity contribution in [3.05, 3.63) is 81.8 Å². The SMILES string of the molecule is O=C(Nc1ccc2nc(-c3ccc(C(=O)NC4C[C@H]5CC[C@@H]4C5)cc3)[nH]c2c1)c1ccc(Cl)c(Cl)c1. The topological polar surface area (TPSA) is 86.9 Å². The summed E-state index contributed by atoms with van der Waals surface area (Å²) in [6.45, 7) is 0. The second-order valence-electron chi connectivity index (χ2n) is 9.73. The first kappa shape index (κ1) is 23.1. The van der Waals surface area contributed by atoms with Crippen molar-refractivity contribution in [3.63, 3.8) is 0 Å². The van der Waals surface area contributed by atoms with Crippen molar-refractivity contribution in [3.8, 4) is 11.4 Å². The summed E-state index contributed by atoms with van der Waals surface area (Å²) < 4.78 is 0. The number of hydrogen-bond donors (Lipinski definition) is 3. The number of H-pyrrole nitrogens is 1. The highest BCUT2D eigenvalue weighted by atomic mass is 35.5. The number of carbonyl (C=O) groups excluding carboxylic acids is 2. The van der Waals surface area contributed by atoms with Gasteiger partial charge < -0.3 is 15.6 Å². The predicted octanol–water partition coefficient (Wildman–Crippen LogP) is 6.71. The molecule has 0 radical (unpaired) electrons. The van der Waals surface area contributed by atoms with Crippen molar-refractivity contribution in [2.24, 2.45) is 11.8 Å². The van der Waals surface area contributed by atoms with Gasteiger partial charge >= 0.3 is 0 Å². The van der Waals surface area contributed by atoms with E-state index in [9.17, 15) is 9.59 Å². The van der Waals surface area contributed by atoms with Gasteiger partial charge in [0.15, 0.2) is 0 Å². The number of amides is 2. The molecule has 2 aliphatic rings. The summed E-state index contributed by atoms with van der Waals surface area (Å²) in [5, 5.41) is 6.83. The highest BCUT2D eigenvalue weighted by Crippen LogP contribution is 2.44. The molecule has 0 aliphatic heterocycles. The monoisotopic (exact) mass is 518 g/mol. The van der Waals surface area contributed by atoms with Crippen LogP contribution in [0.1, 0.15) is 46.4 Å². The fourth-order valence-electron chi connectivity index (χ4n) is 5.52. The predicted molar refractivity (Wildman–Crippen MR) is 143 cm³/mol. The minimum atomic E-state index is -0.285. The van der Waals surface area contributed by atoms with Crippen molar-refractivity contribution < 1.29 is 9.59 Å². The molecule has 36 heavy (non-hydrogen) atoms. The van der Waals surface area contributed by atoms with E-state index in [-0.39, 0.29) is 11.8 Å². The van der Waals surface area contributed by atoms with E-state index in [1.54, 1.807) is 18.2 Å². The van der Waals surface area contributed by atoms with Crippen LogP contribution in [0.4, 0.5) is 5.69 Å². The third-order valence-electron chi connectivity index (χ3n) is 7.40. The number of hydrogen-bond acceptors (Lipinski definition) is 3. The van der Waals surface area contributed by atoms with Gasteiger partial charge in [0.1, 0.15) is 5.82 Å². The van der Waals surface area contributed by atoms with Crippen LogP contribution in [0.2, 0.25) is 10.0 Å². The number of nitrogens with one attached hydrogen (secondary N) is 3. The molecule has 4 aromatic rings. The van der Waals surface area contributed by atoms with Crippen LogP contribution in [0.3, 0.4) is 0 Å². The standard InChI is InChI=1S/C28H24Cl2N4O2/c29-21-9-7-19(13-22(21)30)28(36)31-20-8-10-23-25(14-20)33-26(32-23)16-3-5-17(6-4-16)27(35)34-24-12-15-1-2-18(24)11-15/h3-10,13-15,18,24H,1-2,11-12H2,(H,31,36)(H,32,33)(H,34,35)/t15-,18+,24?/m0/s1. The molecule has 2 aliphatic carbocycles. The van der Waals surface area contributed by atoms with Crippen LogP contribution in [-0.2, 0) is 0 Å². The fraction of sp³-hybridized carbons (Fsp3) is 0.250. The summed E-state index contributed by atoms with van der Waals surface area (Å²) in [7, 11) is 0. The van der Waals surface area contributed by atoms with Gasteiger partial charge in [0.25, 0.3) is 11.8 Å². The zero-order valence-corrected chi connectivity index (χ0v) is 20.9. The molecule has 2 saturated carbocycles. The normalized spacial score (nSPS) is 20.6. The van der Waals surface area contributed by atoms with Crippen molar-refractivity contribution >= 4 is 51.7 Å². The second kappa shape index (κ2) is 9.26. The molecule has 1 heterocycles. The average molecular weight is 519 g/mol. The number of anilines is 1. The molecule has 3 atom stereocenters. The first-order valence-electron chi connectivity index (χ1n) is 12.1. The minimum absolute atomic E-state index is 0.00827. The molecule has 2 fully saturated rings. The molecule has 0 saturated heterocycles. The van der Waals surface area contributed by atoms with Crippen LogP contribution < -0.4 is 10.6 Å². The third kappa shape index (κ3) is 4.47. The van der Waals surface area contributed by atoms with E-state index < -0.39 is 0 Å². The molecule has 1 unspecified atom stereocenters. The Balaban J connectivity index is 1.15. The van der Waals surface area contributed by atoms with Crippen molar-refractivity contribution in [2.75, 3.05) is 5.32 Å². The fourth-order valence-corrected chi connectivity index (χ4v) is 5.82. The lowest BCUT2D eigenvalue weighted by Crippen LogP contribution is -2.38. The number of fused-ring (bicyclic) bond motifs is 3. The molecule has 3 aromatic carbocycles. The number of benzene rings is 3. The van der Waals surface area contributed by atoms with Crippen molar-refractivity contribution in [2.45, 2.75) is 31.7 Å². The third-order valence-corrected chi connectivity index (χ3v) is 8.14. The Labute approximate surface area is 218 Å². The highest BCUT2D eigenvalue weighted by molar-refractivity contribution is 6.42. The number of rotatable bonds is 5. The zero-order valence-electron chi connectivity index (χ0n) is 19.4. The van der Waals surface area contributed by atoms with E-state index in [1.807, 2.05) is 36.4 Å². The molecular formula is C28H24Cl2N4O2. The van der Waals surface area contributed by atoms with Gasteiger partial charge in [-0.05, 0) is 79.6 Å². The molecule has 3 N–H and O–H groups in total. The first-order valence-corrected chi connectivity index (χ1v) is 12.9. The van der Waals surface area contributed by atoms with Crippen molar-refractivity contribution in [1.82, 2.24) is 15.3 Å². The van der Waals surface area contributed by atoms with Crippen LogP contribution in [-0.4, -0.2) is 27.8 Å². The summed E-state index contributed by atoms with van der Waals surface area (Å²) in [5.74, 6) is 1.84. The minimum Gasteiger partial charge on any atom is -0.349 e. The number of nitrogens with zero attached hydrogens (tertiary/aromatic N) is 1. The maximum atomic E-state index is 12.7. The van der Waals surface area contributed by atoms with E-state index in [2.05, 4.69) is 20.6 Å². The largest absolute Gasteiger partial charge is 0.349 e. The van der Waals surface area contributed by atoms with E-state index >= 15 is 0 Å². The van der Waals surface area contributed by atoms with E-state index in [1.165, 1.54) is 25.3 Å². The van der Waals surface area contributed by atoms with Gasteiger partial charge in [-0.15, -0.1) is 0 Å². The van der Waals surface area contributed by atoms with E-state index in [4.69, 9.17) is 23.2 Å². The summed E-state index contributed by atoms with van der Waals surface area (Å²) in [6.07, 6.45) is 4.93. The second-order valence-corrected chi connectivity index (χ2v) is 10.5. The van der Waals surface area contributed by atoms with Crippen LogP contribution >= 0.6 is 23.2 Å². The molecule has 2 bridgehead atoms. The van der Waals surface area contributed by atoms with Crippen LogP contribution in [0.5, 0.6) is 0 Å². The lowest BCUT2D eigenvalue weighted by molar-refractivity contribution is 0.0922. The lowest BCUT2D eigenvalue weighted by atomic mass is 9.95. The zero-order chi connectivity index (χ0) is 24.8. The summed E-state index contributed by atoms with van der Waals surface area (Å²) in [5.41, 5.74) is 4.14. The highest BCUT2D eigenvalue weighted by Gasteiger charge is 2.40. The van der Waals surface area contributed by atoms with E-state index in [0.29, 0.717) is 44.6 Å². The molecule has 6 nitrogen and oxygen atoms in total. The Morgan fingerprint density at radius 1 is 0.861 bits per heavy atom. The number of carbonyl (C=O) groups is 2. The molecule has 2 amide bonds. The summed E-state index contributed by atoms with van der Waals surface area (Å²) >= 11 is 12.0. The Hall–Kier alpha value is -3.35. The molecule has 1 aromatic heterocycles. The van der Waals surface area contributed by atoms with Gasteiger partial charge in [0.2, 0.25) is 0 Å². The van der Waals surface area contributed by atoms with Crippen LogP contribution in [0, 0.1) is 11.8 Å². The molecule has 182 valence electrons. The van der Waals surface area contributed by atoms with Gasteiger partial charge in [0, 0.05) is 28.4 Å². The summed E-state index contributed by atoms with van der Waals surface area (Å²) in [6, 6.07) is 18.0. The number of aromatic nitrogens is 2. The van der Waals surface area contributed by atoms with Gasteiger partial charge in [-0.2, -0.15) is 0 Å².